The Morgan fingerprint density at radius 1 is 1.23 bits per heavy atom. The summed E-state index contributed by atoms with van der Waals surface area (Å²) in [4.78, 5) is 44.0. The molecule has 6 atom stereocenters. The van der Waals surface area contributed by atoms with Gasteiger partial charge in [-0.05, 0) is 6.07 Å². The summed E-state index contributed by atoms with van der Waals surface area (Å²) in [7, 11) is -17.3. The number of phosphoric acid groups is 3. The number of terminal acetylenes is 1. The normalized spacial score (nSPS) is 30.6. The van der Waals surface area contributed by atoms with Gasteiger partial charge in [0.05, 0.1) is 18.6 Å². The van der Waals surface area contributed by atoms with Crippen LogP contribution in [-0.2, 0) is 31.6 Å². The van der Waals surface area contributed by atoms with Crippen molar-refractivity contribution in [3.63, 3.8) is 0 Å². The van der Waals surface area contributed by atoms with Crippen LogP contribution < -0.4 is 5.73 Å². The Labute approximate surface area is 194 Å². The van der Waals surface area contributed by atoms with Crippen LogP contribution in [0.4, 0.5) is 10.1 Å². The number of nitrogens with two attached hydrogens (primary N) is 1. The van der Waals surface area contributed by atoms with Gasteiger partial charge in [0, 0.05) is 6.20 Å². The standard InChI is InChI=1S/C14H18FN4O13P3/c1-2-14(21)11(20)13(5-15,6-29-34(25,26)32-35(27,28)31-33(22,23)24)30-12(14)19-7-18-9-8(16)3-4-17-10(9)19/h1,3-4,7,11-12,20-21H,5-6H2,(H2,16,17)(H,25,26)(H,27,28)(H2,22,23,24)/t11-,12-,13-,14-/m1/s1. The molecule has 0 saturated carbocycles. The van der Waals surface area contributed by atoms with Gasteiger partial charge < -0.3 is 40.3 Å². The molecule has 2 aromatic heterocycles. The van der Waals surface area contributed by atoms with E-state index in [-0.39, 0.29) is 16.9 Å². The van der Waals surface area contributed by atoms with Gasteiger partial charge in [-0.1, -0.05) is 5.92 Å². The van der Waals surface area contributed by atoms with E-state index in [1.807, 2.05) is 5.92 Å². The predicted octanol–water partition coefficient (Wildman–Crippen LogP) is -0.681. The Morgan fingerprint density at radius 3 is 2.46 bits per heavy atom. The minimum atomic E-state index is -5.87. The zero-order valence-corrected chi connectivity index (χ0v) is 19.7. The zero-order valence-electron chi connectivity index (χ0n) is 17.1. The molecule has 0 spiro atoms. The lowest BCUT2D eigenvalue weighted by molar-refractivity contribution is -0.135. The zero-order chi connectivity index (χ0) is 26.4. The number of halogens is 1. The third kappa shape index (κ3) is 5.48. The molecule has 1 saturated heterocycles. The third-order valence-electron chi connectivity index (χ3n) is 4.73. The number of fused-ring (bicyclic) bond motifs is 1. The highest BCUT2D eigenvalue weighted by molar-refractivity contribution is 7.66. The second-order valence-corrected chi connectivity index (χ2v) is 11.5. The van der Waals surface area contributed by atoms with E-state index in [9.17, 15) is 38.1 Å². The van der Waals surface area contributed by atoms with E-state index in [1.165, 1.54) is 12.3 Å². The monoisotopic (exact) mass is 562 g/mol. The molecule has 194 valence electrons. The summed E-state index contributed by atoms with van der Waals surface area (Å²) in [5.74, 6) is 1.85. The summed E-state index contributed by atoms with van der Waals surface area (Å²) in [5.41, 5.74) is 0.721. The fourth-order valence-corrected chi connectivity index (χ4v) is 6.28. The summed E-state index contributed by atoms with van der Waals surface area (Å²) in [6.07, 6.45) is 3.54. The van der Waals surface area contributed by atoms with Crippen LogP contribution in [0.5, 0.6) is 0 Å². The summed E-state index contributed by atoms with van der Waals surface area (Å²) in [6.45, 7) is -3.14. The van der Waals surface area contributed by atoms with Crippen molar-refractivity contribution in [2.24, 2.45) is 0 Å². The van der Waals surface area contributed by atoms with Crippen LogP contribution in [0.3, 0.4) is 0 Å². The quantitative estimate of drug-likeness (QED) is 0.147. The number of alkyl halides is 1. The van der Waals surface area contributed by atoms with Gasteiger partial charge in [-0.3, -0.25) is 9.09 Å². The molecule has 0 radical (unpaired) electrons. The van der Waals surface area contributed by atoms with Gasteiger partial charge in [0.1, 0.15) is 18.3 Å². The van der Waals surface area contributed by atoms with Crippen molar-refractivity contribution in [1.29, 1.82) is 0 Å². The Bertz CT molecular complexity index is 1310. The molecule has 35 heavy (non-hydrogen) atoms. The van der Waals surface area contributed by atoms with E-state index >= 15 is 0 Å². The van der Waals surface area contributed by atoms with Crippen molar-refractivity contribution in [2.75, 3.05) is 19.0 Å². The highest BCUT2D eigenvalue weighted by Crippen LogP contribution is 2.66. The van der Waals surface area contributed by atoms with E-state index < -0.39 is 60.3 Å². The minimum absolute atomic E-state index is 0.00146. The molecule has 0 amide bonds. The molecule has 2 aromatic rings. The molecular formula is C14H18FN4O13P3. The number of ether oxygens (including phenoxy) is 1. The van der Waals surface area contributed by atoms with Crippen LogP contribution in [-0.4, -0.2) is 74.9 Å². The van der Waals surface area contributed by atoms with Gasteiger partial charge in [0.15, 0.2) is 23.1 Å². The largest absolute Gasteiger partial charge is 0.490 e. The molecule has 1 aliphatic heterocycles. The third-order valence-corrected chi connectivity index (χ3v) is 8.51. The number of phosphoric ester groups is 1. The van der Waals surface area contributed by atoms with Crippen molar-refractivity contribution in [1.82, 2.24) is 14.5 Å². The molecule has 0 bridgehead atoms. The Morgan fingerprint density at radius 2 is 1.89 bits per heavy atom. The minimum Gasteiger partial charge on any atom is -0.397 e. The van der Waals surface area contributed by atoms with Crippen LogP contribution in [0, 0.1) is 12.3 Å². The molecule has 21 heteroatoms. The molecule has 0 aliphatic carbocycles. The SMILES string of the molecule is C#C[C@@]1(O)[C@H](O)[C@@](CF)(COP(=O)(O)OP(=O)(O)OP(=O)(O)O)O[C@H]1n1cnc2c(N)ccnc21. The van der Waals surface area contributed by atoms with Crippen molar-refractivity contribution in [3.05, 3.63) is 18.6 Å². The maximum atomic E-state index is 14.2. The van der Waals surface area contributed by atoms with Gasteiger partial charge >= 0.3 is 23.5 Å². The summed E-state index contributed by atoms with van der Waals surface area (Å²) < 4.78 is 66.3. The first-order chi connectivity index (χ1) is 16.0. The number of hydrogen-bond acceptors (Lipinski definition) is 12. The second kappa shape index (κ2) is 9.25. The van der Waals surface area contributed by atoms with Crippen LogP contribution in [0.1, 0.15) is 6.23 Å². The molecular weight excluding hydrogens is 544 g/mol. The van der Waals surface area contributed by atoms with Crippen LogP contribution in [0.25, 0.3) is 11.2 Å². The molecule has 1 fully saturated rings. The number of aliphatic hydroxyl groups is 2. The van der Waals surface area contributed by atoms with E-state index in [1.54, 1.807) is 0 Å². The van der Waals surface area contributed by atoms with Gasteiger partial charge in [0.25, 0.3) is 0 Å². The van der Waals surface area contributed by atoms with E-state index in [2.05, 4.69) is 23.1 Å². The number of imidazole rings is 1. The maximum absolute atomic E-state index is 14.2. The summed E-state index contributed by atoms with van der Waals surface area (Å²) >= 11 is 0. The number of hydrogen-bond donors (Lipinski definition) is 7. The van der Waals surface area contributed by atoms with Gasteiger partial charge in [-0.25, -0.2) is 28.1 Å². The van der Waals surface area contributed by atoms with Crippen molar-refractivity contribution >= 4 is 40.3 Å². The first-order valence-electron chi connectivity index (χ1n) is 8.96. The van der Waals surface area contributed by atoms with Gasteiger partial charge in [0.2, 0.25) is 0 Å². The topological polar surface area (TPSA) is 266 Å². The Balaban J connectivity index is 1.91. The number of aromatic nitrogens is 3. The summed E-state index contributed by atoms with van der Waals surface area (Å²) in [6, 6.07) is 1.41. The summed E-state index contributed by atoms with van der Waals surface area (Å²) in [5, 5.41) is 21.6. The number of anilines is 1. The number of nitrogen functional groups attached to an aromatic ring is 1. The lowest BCUT2D eigenvalue weighted by atomic mass is 9.87. The highest BCUT2D eigenvalue weighted by Gasteiger charge is 2.65. The van der Waals surface area contributed by atoms with Crippen molar-refractivity contribution in [3.8, 4) is 12.3 Å². The lowest BCUT2D eigenvalue weighted by Crippen LogP contribution is -2.53. The van der Waals surface area contributed by atoms with E-state index in [0.29, 0.717) is 0 Å². The molecule has 3 heterocycles. The van der Waals surface area contributed by atoms with Gasteiger partial charge in [-0.15, -0.1) is 6.42 Å². The first-order valence-corrected chi connectivity index (χ1v) is 13.5. The Kier molecular flexibility index (Phi) is 7.35. The second-order valence-electron chi connectivity index (χ2n) is 7.13. The maximum Gasteiger partial charge on any atom is 0.490 e. The van der Waals surface area contributed by atoms with Crippen LogP contribution in [0.2, 0.25) is 0 Å². The van der Waals surface area contributed by atoms with Crippen molar-refractivity contribution in [2.45, 2.75) is 23.5 Å². The number of aliphatic hydroxyl groups excluding tert-OH is 1. The van der Waals surface area contributed by atoms with E-state index in [0.717, 1.165) is 10.9 Å². The fourth-order valence-electron chi connectivity index (χ4n) is 3.21. The molecule has 1 aliphatic rings. The number of nitrogens with zero attached hydrogens (tertiary/aromatic N) is 3. The van der Waals surface area contributed by atoms with E-state index in [4.69, 9.17) is 26.7 Å². The van der Waals surface area contributed by atoms with Crippen molar-refractivity contribution < 1.29 is 65.8 Å². The van der Waals surface area contributed by atoms with Gasteiger partial charge in [-0.2, -0.15) is 8.62 Å². The molecule has 3 rings (SSSR count). The smallest absolute Gasteiger partial charge is 0.397 e. The number of rotatable bonds is 9. The molecule has 17 nitrogen and oxygen atoms in total. The average Bonchev–Trinajstić information content (AvgIpc) is 3.24. The Hall–Kier alpha value is -1.80. The number of pyridine rings is 1. The highest BCUT2D eigenvalue weighted by atomic mass is 31.3. The molecule has 2 unspecified atom stereocenters. The average molecular weight is 562 g/mol. The van der Waals surface area contributed by atoms with Crippen LogP contribution >= 0.6 is 23.5 Å². The molecule has 8 N–H and O–H groups in total. The first kappa shape index (κ1) is 27.8. The molecule has 0 aromatic carbocycles. The fraction of sp³-hybridized carbons (Fsp3) is 0.429. The predicted molar refractivity (Wildman–Crippen MR) is 110 cm³/mol. The lowest BCUT2D eigenvalue weighted by Gasteiger charge is -2.30. The van der Waals surface area contributed by atoms with Crippen LogP contribution in [0.15, 0.2) is 18.6 Å².